The second kappa shape index (κ2) is 6.44. The van der Waals surface area contributed by atoms with Crippen LogP contribution >= 0.6 is 34.5 Å². The first-order valence-electron chi connectivity index (χ1n) is 6.54. The lowest BCUT2D eigenvalue weighted by Crippen LogP contribution is -2.44. The van der Waals surface area contributed by atoms with Crippen LogP contribution < -0.4 is 5.73 Å². The summed E-state index contributed by atoms with van der Waals surface area (Å²) in [5.41, 5.74) is 6.43. The van der Waals surface area contributed by atoms with E-state index in [0.717, 1.165) is 25.7 Å². The third-order valence-corrected chi connectivity index (χ3v) is 5.16. The van der Waals surface area contributed by atoms with Crippen LogP contribution in [0.15, 0.2) is 6.07 Å². The average molecular weight is 321 g/mol. The quantitative estimate of drug-likeness (QED) is 0.921. The molecule has 0 aliphatic heterocycles. The lowest BCUT2D eigenvalue weighted by atomic mass is 9.90. The molecule has 1 aromatic rings. The predicted octanol–water partition coefficient (Wildman–Crippen LogP) is 3.79. The number of nitrogens with zero attached hydrogens (tertiary/aromatic N) is 1. The molecule has 2 rings (SSSR count). The fraction of sp³-hybridized carbons (Fsp3) is 0.615. The van der Waals surface area contributed by atoms with Gasteiger partial charge in [0.2, 0.25) is 0 Å². The van der Waals surface area contributed by atoms with Gasteiger partial charge in [0.05, 0.1) is 9.90 Å². The zero-order chi connectivity index (χ0) is 14.0. The summed E-state index contributed by atoms with van der Waals surface area (Å²) in [6.45, 7) is 2.68. The Bertz CT molecular complexity index is 455. The Morgan fingerprint density at radius 1 is 1.42 bits per heavy atom. The summed E-state index contributed by atoms with van der Waals surface area (Å²) in [5.74, 6) is -0.0175. The number of carbonyl (C=O) groups is 1. The molecular formula is C13H18Cl2N2OS. The van der Waals surface area contributed by atoms with Crippen molar-refractivity contribution in [2.24, 2.45) is 5.73 Å². The standard InChI is InChI=1S/C13H18Cl2N2OS/c1-2-17(9-5-3-8(16)4-6-9)13(18)10-7-11(14)19-12(10)15/h7-9H,2-6,16H2,1H3. The van der Waals surface area contributed by atoms with Crippen molar-refractivity contribution in [1.82, 2.24) is 4.90 Å². The summed E-state index contributed by atoms with van der Waals surface area (Å²) in [6.07, 6.45) is 3.89. The van der Waals surface area contributed by atoms with Gasteiger partial charge in [0, 0.05) is 18.6 Å². The van der Waals surface area contributed by atoms with Crippen LogP contribution in [0.3, 0.4) is 0 Å². The van der Waals surface area contributed by atoms with E-state index in [1.165, 1.54) is 11.3 Å². The molecule has 0 atom stereocenters. The van der Waals surface area contributed by atoms with E-state index in [4.69, 9.17) is 28.9 Å². The predicted molar refractivity (Wildman–Crippen MR) is 81.3 cm³/mol. The zero-order valence-electron chi connectivity index (χ0n) is 10.9. The molecule has 106 valence electrons. The molecule has 0 aromatic carbocycles. The van der Waals surface area contributed by atoms with E-state index in [9.17, 15) is 4.79 Å². The van der Waals surface area contributed by atoms with Crippen LogP contribution in [0.2, 0.25) is 8.67 Å². The van der Waals surface area contributed by atoms with Gasteiger partial charge in [-0.25, -0.2) is 0 Å². The Labute approximate surface area is 127 Å². The molecule has 0 saturated heterocycles. The van der Waals surface area contributed by atoms with Crippen LogP contribution in [0, 0.1) is 0 Å². The topological polar surface area (TPSA) is 46.3 Å². The minimum absolute atomic E-state index is 0.0175. The highest BCUT2D eigenvalue weighted by Gasteiger charge is 2.28. The largest absolute Gasteiger partial charge is 0.336 e. The minimum Gasteiger partial charge on any atom is -0.336 e. The molecule has 1 aliphatic carbocycles. The summed E-state index contributed by atoms with van der Waals surface area (Å²) < 4.78 is 1.02. The van der Waals surface area contributed by atoms with E-state index in [2.05, 4.69) is 0 Å². The third kappa shape index (κ3) is 3.43. The molecule has 1 saturated carbocycles. The molecule has 2 N–H and O–H groups in total. The number of rotatable bonds is 3. The summed E-state index contributed by atoms with van der Waals surface area (Å²) in [7, 11) is 0. The Kier molecular flexibility index (Phi) is 5.12. The summed E-state index contributed by atoms with van der Waals surface area (Å²) in [6, 6.07) is 2.21. The average Bonchev–Trinajstić information content (AvgIpc) is 2.71. The van der Waals surface area contributed by atoms with Gasteiger partial charge in [0.15, 0.2) is 0 Å². The Hall–Kier alpha value is -0.290. The van der Waals surface area contributed by atoms with Crippen molar-refractivity contribution in [3.63, 3.8) is 0 Å². The van der Waals surface area contributed by atoms with E-state index in [0.29, 0.717) is 20.8 Å². The minimum atomic E-state index is -0.0175. The maximum Gasteiger partial charge on any atom is 0.256 e. The van der Waals surface area contributed by atoms with Crippen molar-refractivity contribution in [3.05, 3.63) is 20.3 Å². The van der Waals surface area contributed by atoms with Gasteiger partial charge >= 0.3 is 0 Å². The van der Waals surface area contributed by atoms with Crippen molar-refractivity contribution in [3.8, 4) is 0 Å². The molecule has 0 spiro atoms. The van der Waals surface area contributed by atoms with Crippen LogP contribution in [0.1, 0.15) is 43.0 Å². The first-order valence-corrected chi connectivity index (χ1v) is 8.11. The van der Waals surface area contributed by atoms with Crippen molar-refractivity contribution >= 4 is 40.4 Å². The van der Waals surface area contributed by atoms with E-state index >= 15 is 0 Å². The molecular weight excluding hydrogens is 303 g/mol. The number of hydrogen-bond acceptors (Lipinski definition) is 3. The fourth-order valence-electron chi connectivity index (χ4n) is 2.62. The summed E-state index contributed by atoms with van der Waals surface area (Å²) in [5, 5.41) is 0. The first kappa shape index (κ1) is 15.1. The van der Waals surface area contributed by atoms with Crippen LogP contribution in [0.5, 0.6) is 0 Å². The van der Waals surface area contributed by atoms with Crippen molar-refractivity contribution in [2.75, 3.05) is 6.54 Å². The number of carbonyl (C=O) groups excluding carboxylic acids is 1. The highest BCUT2D eigenvalue weighted by molar-refractivity contribution is 7.20. The van der Waals surface area contributed by atoms with Crippen LogP contribution in [-0.4, -0.2) is 29.4 Å². The van der Waals surface area contributed by atoms with Crippen molar-refractivity contribution in [1.29, 1.82) is 0 Å². The Balaban J connectivity index is 2.13. The maximum absolute atomic E-state index is 12.5. The normalized spacial score (nSPS) is 23.4. The van der Waals surface area contributed by atoms with Crippen LogP contribution in [-0.2, 0) is 0 Å². The SMILES string of the molecule is CCN(C(=O)c1cc(Cl)sc1Cl)C1CCC(N)CC1. The third-order valence-electron chi connectivity index (χ3n) is 3.67. The summed E-state index contributed by atoms with van der Waals surface area (Å²) in [4.78, 5) is 14.4. The number of hydrogen-bond donors (Lipinski definition) is 1. The number of amides is 1. The molecule has 1 amide bonds. The van der Waals surface area contributed by atoms with Gasteiger partial charge in [-0.2, -0.15) is 0 Å². The molecule has 1 fully saturated rings. The highest BCUT2D eigenvalue weighted by Crippen LogP contribution is 2.33. The van der Waals surface area contributed by atoms with Gasteiger partial charge < -0.3 is 10.6 Å². The van der Waals surface area contributed by atoms with Crippen molar-refractivity contribution in [2.45, 2.75) is 44.7 Å². The lowest BCUT2D eigenvalue weighted by Gasteiger charge is -2.35. The van der Waals surface area contributed by atoms with Gasteiger partial charge in [0.1, 0.15) is 4.34 Å². The van der Waals surface area contributed by atoms with Gasteiger partial charge in [-0.1, -0.05) is 23.2 Å². The Morgan fingerprint density at radius 2 is 2.05 bits per heavy atom. The zero-order valence-corrected chi connectivity index (χ0v) is 13.2. The van der Waals surface area contributed by atoms with E-state index in [1.807, 2.05) is 11.8 Å². The second-order valence-electron chi connectivity index (χ2n) is 4.90. The van der Waals surface area contributed by atoms with Gasteiger partial charge in [-0.3, -0.25) is 4.79 Å². The highest BCUT2D eigenvalue weighted by atomic mass is 35.5. The van der Waals surface area contributed by atoms with Crippen molar-refractivity contribution < 1.29 is 4.79 Å². The Morgan fingerprint density at radius 3 is 2.53 bits per heavy atom. The first-order chi connectivity index (χ1) is 9.02. The monoisotopic (exact) mass is 320 g/mol. The van der Waals surface area contributed by atoms with E-state index in [1.54, 1.807) is 6.07 Å². The smallest absolute Gasteiger partial charge is 0.256 e. The summed E-state index contributed by atoms with van der Waals surface area (Å²) >= 11 is 13.2. The van der Waals surface area contributed by atoms with Gasteiger partial charge in [-0.05, 0) is 38.7 Å². The molecule has 3 nitrogen and oxygen atoms in total. The lowest BCUT2D eigenvalue weighted by molar-refractivity contribution is 0.0641. The van der Waals surface area contributed by atoms with Gasteiger partial charge in [-0.15, -0.1) is 11.3 Å². The molecule has 6 heteroatoms. The van der Waals surface area contributed by atoms with Crippen LogP contribution in [0.25, 0.3) is 0 Å². The molecule has 1 aromatic heterocycles. The molecule has 0 radical (unpaired) electrons. The molecule has 0 unspecified atom stereocenters. The van der Waals surface area contributed by atoms with Gasteiger partial charge in [0.25, 0.3) is 5.91 Å². The molecule has 1 aliphatic rings. The fourth-order valence-corrected chi connectivity index (χ4v) is 4.07. The maximum atomic E-state index is 12.5. The number of nitrogens with two attached hydrogens (primary N) is 1. The molecule has 19 heavy (non-hydrogen) atoms. The second-order valence-corrected chi connectivity index (χ2v) is 7.18. The molecule has 1 heterocycles. The van der Waals surface area contributed by atoms with Crippen LogP contribution in [0.4, 0.5) is 0 Å². The van der Waals surface area contributed by atoms with E-state index < -0.39 is 0 Å². The molecule has 0 bridgehead atoms. The van der Waals surface area contributed by atoms with E-state index in [-0.39, 0.29) is 18.0 Å². The number of thiophene rings is 1. The number of halogens is 2.